The zero-order chi connectivity index (χ0) is 26.4. The number of nitrogens with zero attached hydrogens (tertiary/aromatic N) is 1. The number of carbonyl (C=O) groups excluding carboxylic acids is 1. The molecule has 0 aliphatic carbocycles. The first-order chi connectivity index (χ1) is 15.6. The van der Waals surface area contributed by atoms with E-state index in [0.717, 1.165) is 12.6 Å². The number of nitrogens with one attached hydrogen (secondary N) is 1. The summed E-state index contributed by atoms with van der Waals surface area (Å²) in [6, 6.07) is 6.91. The van der Waals surface area contributed by atoms with Crippen LogP contribution in [0.3, 0.4) is 0 Å². The van der Waals surface area contributed by atoms with Crippen molar-refractivity contribution in [3.8, 4) is 18.0 Å². The first-order valence-electron chi connectivity index (χ1n) is 10.3. The normalized spacial score (nSPS) is 9.39. The Hall–Kier alpha value is -2.69. The van der Waals surface area contributed by atoms with Gasteiger partial charge in [-0.15, -0.1) is 18.9 Å². The molecule has 0 unspecified atom stereocenters. The maximum Gasteiger partial charge on any atom is 0.418 e. The smallest absolute Gasteiger partial charge is 0.317 e. The molecule has 0 atom stereocenters. The van der Waals surface area contributed by atoms with Gasteiger partial charge >= 0.3 is 6.18 Å². The molecule has 1 aromatic carbocycles. The summed E-state index contributed by atoms with van der Waals surface area (Å²) in [7, 11) is 1.89. The van der Waals surface area contributed by atoms with Crippen molar-refractivity contribution in [2.24, 2.45) is 0 Å². The first kappa shape index (κ1) is 34.9. The average molecular weight is 483 g/mol. The molecule has 184 valence electrons. The molecule has 0 radical (unpaired) electrons. The van der Waals surface area contributed by atoms with E-state index in [9.17, 15) is 18.0 Å². The molecule has 0 saturated carbocycles. The van der Waals surface area contributed by atoms with Gasteiger partial charge in [-0.05, 0) is 58.3 Å². The number of alkyl halides is 3. The van der Waals surface area contributed by atoms with Gasteiger partial charge < -0.3 is 9.88 Å². The highest BCUT2D eigenvalue weighted by Crippen LogP contribution is 2.35. The van der Waals surface area contributed by atoms with Gasteiger partial charge in [-0.2, -0.15) is 25.8 Å². The molecule has 2 rings (SSSR count). The topological polar surface area (TPSA) is 34.0 Å². The number of aldehydes is 1. The fraction of sp³-hybridized carbons (Fsp3) is 0.346. The monoisotopic (exact) mass is 482 g/mol. The number of allylic oxidation sites excluding steroid dienone is 1. The molecule has 33 heavy (non-hydrogen) atoms. The van der Waals surface area contributed by atoms with Crippen LogP contribution in [0.4, 0.5) is 13.2 Å². The van der Waals surface area contributed by atoms with Crippen molar-refractivity contribution in [3.05, 3.63) is 77.0 Å². The lowest BCUT2D eigenvalue weighted by Gasteiger charge is -2.16. The summed E-state index contributed by atoms with van der Waals surface area (Å²) in [6.07, 6.45) is 4.50. The second kappa shape index (κ2) is 21.2. The second-order valence-corrected chi connectivity index (χ2v) is 6.21. The molecular formula is C26H37F3N2OS. The molecule has 2 aromatic rings. The number of likely N-dealkylation sites (N-methyl/N-ethyl adjacent to an activating group) is 1. The minimum absolute atomic E-state index is 0.0399. The number of hydrogen-bond donors (Lipinski definition) is 2. The van der Waals surface area contributed by atoms with Crippen LogP contribution < -0.4 is 5.32 Å². The number of para-hydroxylation sites is 1. The Kier molecular flexibility index (Phi) is 22.4. The minimum atomic E-state index is -4.43. The molecule has 1 N–H and O–H groups in total. The molecule has 7 heteroatoms. The van der Waals surface area contributed by atoms with Crippen LogP contribution in [0.2, 0.25) is 0 Å². The number of carbonyl (C=O) groups is 1. The van der Waals surface area contributed by atoms with Crippen molar-refractivity contribution in [2.45, 2.75) is 47.7 Å². The van der Waals surface area contributed by atoms with E-state index in [0.29, 0.717) is 23.2 Å². The SMILES string of the molecule is C#CC.C/C=C/S.C=CCNC.CC.Cc1cc(C=O)c(C)n1-c1ccccc1C(F)(F)F. The van der Waals surface area contributed by atoms with Gasteiger partial charge in [-0.1, -0.05) is 38.1 Å². The van der Waals surface area contributed by atoms with E-state index in [4.69, 9.17) is 0 Å². The molecule has 0 aliphatic rings. The number of thiol groups is 1. The van der Waals surface area contributed by atoms with Crippen LogP contribution in [0.1, 0.15) is 55.0 Å². The van der Waals surface area contributed by atoms with Gasteiger partial charge in [0.1, 0.15) is 0 Å². The van der Waals surface area contributed by atoms with Crippen molar-refractivity contribution in [2.75, 3.05) is 13.6 Å². The van der Waals surface area contributed by atoms with E-state index < -0.39 is 11.7 Å². The number of benzene rings is 1. The van der Waals surface area contributed by atoms with Crippen molar-refractivity contribution < 1.29 is 18.0 Å². The van der Waals surface area contributed by atoms with Gasteiger partial charge in [0, 0.05) is 23.5 Å². The number of aromatic nitrogens is 1. The lowest BCUT2D eigenvalue weighted by molar-refractivity contribution is -0.137. The molecule has 0 spiro atoms. The highest BCUT2D eigenvalue weighted by atomic mass is 32.1. The lowest BCUT2D eigenvalue weighted by Crippen LogP contribution is -2.12. The van der Waals surface area contributed by atoms with Gasteiger partial charge in [0.2, 0.25) is 0 Å². The van der Waals surface area contributed by atoms with Gasteiger partial charge in [0.05, 0.1) is 11.3 Å². The molecule has 0 fully saturated rings. The van der Waals surface area contributed by atoms with E-state index in [1.54, 1.807) is 38.3 Å². The predicted octanol–water partition coefficient (Wildman–Crippen LogP) is 7.43. The van der Waals surface area contributed by atoms with Crippen molar-refractivity contribution in [1.29, 1.82) is 0 Å². The molecule has 0 aliphatic heterocycles. The first-order valence-corrected chi connectivity index (χ1v) is 10.8. The van der Waals surface area contributed by atoms with Crippen molar-refractivity contribution >= 4 is 18.9 Å². The third kappa shape index (κ3) is 14.1. The van der Waals surface area contributed by atoms with E-state index >= 15 is 0 Å². The quantitative estimate of drug-likeness (QED) is 0.206. The number of rotatable bonds is 4. The Morgan fingerprint density at radius 2 is 1.73 bits per heavy atom. The van der Waals surface area contributed by atoms with E-state index in [2.05, 4.69) is 36.9 Å². The van der Waals surface area contributed by atoms with Gasteiger partial charge in [0.15, 0.2) is 6.29 Å². The zero-order valence-electron chi connectivity index (χ0n) is 20.6. The number of terminal acetylenes is 1. The van der Waals surface area contributed by atoms with Crippen molar-refractivity contribution in [1.82, 2.24) is 9.88 Å². The van der Waals surface area contributed by atoms with Crippen LogP contribution in [0.5, 0.6) is 0 Å². The number of hydrogen-bond acceptors (Lipinski definition) is 3. The molecule has 0 bridgehead atoms. The molecule has 1 aromatic heterocycles. The Labute approximate surface area is 203 Å². The third-order valence-electron chi connectivity index (χ3n) is 3.55. The number of aryl methyl sites for hydroxylation is 1. The minimum Gasteiger partial charge on any atom is -0.317 e. The van der Waals surface area contributed by atoms with E-state index in [-0.39, 0.29) is 5.69 Å². The summed E-state index contributed by atoms with van der Waals surface area (Å²) in [5.74, 6) is 2.25. The van der Waals surface area contributed by atoms with Gasteiger partial charge in [0.25, 0.3) is 0 Å². The third-order valence-corrected chi connectivity index (χ3v) is 3.84. The maximum absolute atomic E-state index is 13.0. The van der Waals surface area contributed by atoms with Crippen LogP contribution in [-0.2, 0) is 6.18 Å². The summed E-state index contributed by atoms with van der Waals surface area (Å²) < 4.78 is 40.5. The summed E-state index contributed by atoms with van der Waals surface area (Å²) >= 11 is 3.74. The largest absolute Gasteiger partial charge is 0.418 e. The summed E-state index contributed by atoms with van der Waals surface area (Å²) in [4.78, 5) is 10.9. The van der Waals surface area contributed by atoms with Crippen LogP contribution in [0, 0.1) is 26.2 Å². The van der Waals surface area contributed by atoms with Crippen LogP contribution in [0.25, 0.3) is 5.69 Å². The Balaban J connectivity index is -0.000000532. The highest BCUT2D eigenvalue weighted by Gasteiger charge is 2.34. The van der Waals surface area contributed by atoms with Crippen molar-refractivity contribution in [3.63, 3.8) is 0 Å². The Morgan fingerprint density at radius 1 is 1.24 bits per heavy atom. The lowest BCUT2D eigenvalue weighted by atomic mass is 10.1. The predicted molar refractivity (Wildman–Crippen MR) is 139 cm³/mol. The molecular weight excluding hydrogens is 445 g/mol. The van der Waals surface area contributed by atoms with Gasteiger partial charge in [-0.25, -0.2) is 0 Å². The fourth-order valence-corrected chi connectivity index (χ4v) is 2.33. The summed E-state index contributed by atoms with van der Waals surface area (Å²) in [6.45, 7) is 15.3. The van der Waals surface area contributed by atoms with Crippen LogP contribution >= 0.6 is 12.6 Å². The van der Waals surface area contributed by atoms with E-state index in [1.165, 1.54) is 16.7 Å². The second-order valence-electron chi connectivity index (χ2n) is 5.91. The van der Waals surface area contributed by atoms with Crippen LogP contribution in [-0.4, -0.2) is 24.4 Å². The molecule has 0 saturated heterocycles. The van der Waals surface area contributed by atoms with Gasteiger partial charge in [-0.3, -0.25) is 4.79 Å². The summed E-state index contributed by atoms with van der Waals surface area (Å²) in [5, 5.41) is 4.59. The fourth-order valence-electron chi connectivity index (χ4n) is 2.33. The average Bonchev–Trinajstić information content (AvgIpc) is 3.09. The highest BCUT2D eigenvalue weighted by molar-refractivity contribution is 7.83. The molecule has 1 heterocycles. The number of halogens is 3. The Bertz CT molecular complexity index is 859. The maximum atomic E-state index is 13.0. The zero-order valence-corrected chi connectivity index (χ0v) is 21.5. The summed E-state index contributed by atoms with van der Waals surface area (Å²) in [5.41, 5.74) is 0.822. The molecule has 0 amide bonds. The molecule has 3 nitrogen and oxygen atoms in total. The van der Waals surface area contributed by atoms with E-state index in [1.807, 2.05) is 40.0 Å². The standard InChI is InChI=1S/C14H12F3NO.C4H9N.C3H6S.C3H4.C2H6/c1-9-7-11(8-19)10(2)18(9)13-6-4-3-5-12(13)14(15,16)17;1-3-4-5-2;1-2-3-4;1-3-2;1-2/h3-8H,1-2H3;3,5H,1,4H2,2H3;2-4H,1H3;1H,2H3;1-2H3/b;;3-2+;;. The Morgan fingerprint density at radius 3 is 2.03 bits per heavy atom. The van der Waals surface area contributed by atoms with Crippen LogP contribution in [0.15, 0.2) is 54.5 Å².